The van der Waals surface area contributed by atoms with Gasteiger partial charge in [-0.15, -0.1) is 0 Å². The van der Waals surface area contributed by atoms with Gasteiger partial charge in [0, 0.05) is 34.5 Å². The van der Waals surface area contributed by atoms with Gasteiger partial charge in [-0.2, -0.15) is 0 Å². The number of aryl methyl sites for hydroxylation is 2. The number of carboxylic acids is 1. The molecule has 0 saturated heterocycles. The molecule has 10 heteroatoms. The molecule has 10 nitrogen and oxygen atoms in total. The van der Waals surface area contributed by atoms with Crippen molar-refractivity contribution in [2.45, 2.75) is 614 Å². The number of Topliss-reactive ketones (excluding diaryl/α,β-unsaturated/α-hetero) is 1. The van der Waals surface area contributed by atoms with E-state index in [1.807, 2.05) is 64.1 Å². The Hall–Kier alpha value is -6.94. The molecule has 7 rings (SSSR count). The van der Waals surface area contributed by atoms with E-state index < -0.39 is 5.97 Å². The number of allylic oxidation sites excluding steroid dienone is 2. The summed E-state index contributed by atoms with van der Waals surface area (Å²) in [6.45, 7) is 29.9. The van der Waals surface area contributed by atoms with Gasteiger partial charge >= 0.3 is 5.97 Å². The van der Waals surface area contributed by atoms with Gasteiger partial charge in [-0.3, -0.25) is 9.59 Å². The third kappa shape index (κ3) is 112. The predicted molar refractivity (Wildman–Crippen MR) is 634 cm³/mol. The van der Waals surface area contributed by atoms with Crippen LogP contribution in [0.1, 0.15) is 643 Å². The molecule has 0 bridgehead atoms. The number of carboxylic acid groups (broad SMARTS) is 1. The van der Waals surface area contributed by atoms with Crippen molar-refractivity contribution in [3.8, 4) is 0 Å². The average Bonchev–Trinajstić information content (AvgIpc) is 1.08. The van der Waals surface area contributed by atoms with Crippen LogP contribution in [0.25, 0.3) is 5.57 Å². The fourth-order valence-electron chi connectivity index (χ4n) is 16.9. The van der Waals surface area contributed by atoms with Crippen molar-refractivity contribution in [1.29, 1.82) is 0 Å². The Bertz CT molecular complexity index is 3290. The Morgan fingerprint density at radius 2 is 0.606 bits per heavy atom. The molecule has 142 heavy (non-hydrogen) atoms. The highest BCUT2D eigenvalue weighted by Crippen LogP contribution is 2.29. The molecule has 5 aromatic heterocycles. The summed E-state index contributed by atoms with van der Waals surface area (Å²) in [5, 5.41) is 8.41. The number of ketones is 1. The van der Waals surface area contributed by atoms with Gasteiger partial charge in [0.05, 0.1) is 37.6 Å². The van der Waals surface area contributed by atoms with Crippen molar-refractivity contribution in [3.05, 3.63) is 199 Å². The summed E-state index contributed by atoms with van der Waals surface area (Å²) >= 11 is 0. The van der Waals surface area contributed by atoms with Crippen molar-refractivity contribution < 1.29 is 49.2 Å². The van der Waals surface area contributed by atoms with Gasteiger partial charge < -0.3 is 36.8 Å². The third-order valence-corrected chi connectivity index (χ3v) is 25.3. The normalized spacial score (nSPS) is 10.6. The molecule has 1 N–H and O–H groups in total. The summed E-state index contributed by atoms with van der Waals surface area (Å²) in [6, 6.07) is 41.1. The predicted octanol–water partition coefficient (Wildman–Crippen LogP) is 47.4. The molecule has 0 amide bonds. The van der Waals surface area contributed by atoms with E-state index in [2.05, 4.69) is 146 Å². The number of carbonyl (C=O) groups excluding carboxylic acids is 3. The average molecular weight is 1990 g/mol. The molecule has 7 aromatic rings. The zero-order chi connectivity index (χ0) is 102. The van der Waals surface area contributed by atoms with Crippen LogP contribution < -0.4 is 0 Å². The van der Waals surface area contributed by atoms with E-state index in [1.165, 1.54) is 448 Å². The lowest BCUT2D eigenvalue weighted by Crippen LogP contribution is -1.97. The minimum Gasteiger partial charge on any atom is -0.481 e. The van der Waals surface area contributed by atoms with Gasteiger partial charge in [-0.1, -0.05) is 565 Å². The van der Waals surface area contributed by atoms with Crippen LogP contribution in [-0.4, -0.2) is 29.4 Å². The van der Waals surface area contributed by atoms with Crippen LogP contribution in [0.5, 0.6) is 0 Å². The maximum Gasteiger partial charge on any atom is 0.303 e. The number of hydrogen-bond donors (Lipinski definition) is 1. The summed E-state index contributed by atoms with van der Waals surface area (Å²) in [5.74, 6) is 4.56. The first-order chi connectivity index (χ1) is 68.0. The number of rotatable bonds is 79. The molecule has 0 radical (unpaired) electrons. The first-order valence-electron chi connectivity index (χ1n) is 58.5. The van der Waals surface area contributed by atoms with Gasteiger partial charge in [0.1, 0.15) is 29.9 Å². The van der Waals surface area contributed by atoms with E-state index in [0.29, 0.717) is 30.9 Å². The molecule has 0 aliphatic rings. The number of furan rings is 5. The molecule has 0 aliphatic carbocycles. The second kappa shape index (κ2) is 132. The highest BCUT2D eigenvalue weighted by molar-refractivity contribution is 5.93. The zero-order valence-corrected chi connectivity index (χ0v) is 92.8. The monoisotopic (exact) mass is 1990 g/mol. The number of carbonyl (C=O) groups is 4. The van der Waals surface area contributed by atoms with Crippen molar-refractivity contribution in [1.82, 2.24) is 0 Å². The van der Waals surface area contributed by atoms with Gasteiger partial charge in [0.15, 0.2) is 11.5 Å². The number of hydrogen-bond acceptors (Lipinski definition) is 9. The van der Waals surface area contributed by atoms with Crippen LogP contribution in [-0.2, 0) is 27.2 Å². The van der Waals surface area contributed by atoms with Crippen LogP contribution >= 0.6 is 0 Å². The lowest BCUT2D eigenvalue weighted by atomic mass is 9.91. The maximum atomic E-state index is 11.6. The van der Waals surface area contributed by atoms with Crippen molar-refractivity contribution >= 4 is 29.9 Å². The highest BCUT2D eigenvalue weighted by Gasteiger charge is 2.13. The lowest BCUT2D eigenvalue weighted by Gasteiger charge is -2.15. The maximum absolute atomic E-state index is 11.6. The molecule has 0 saturated carbocycles. The third-order valence-electron chi connectivity index (χ3n) is 25.3. The molecule has 5 heterocycles. The largest absolute Gasteiger partial charge is 0.481 e. The fraction of sp³-hybridized carbons (Fsp3) is 0.712. The van der Waals surface area contributed by atoms with Crippen molar-refractivity contribution in [3.63, 3.8) is 0 Å². The first kappa shape index (κ1) is 150. The molecule has 2 unspecified atom stereocenters. The van der Waals surface area contributed by atoms with Crippen LogP contribution in [0, 0.1) is 0 Å². The number of aliphatic carboxylic acids is 1. The van der Waals surface area contributed by atoms with E-state index in [9.17, 15) is 14.4 Å². The summed E-state index contributed by atoms with van der Waals surface area (Å²) in [6.07, 6.45) is 111. The molecule has 0 fully saturated rings. The van der Waals surface area contributed by atoms with Crippen LogP contribution in [0.3, 0.4) is 0 Å². The van der Waals surface area contributed by atoms with E-state index in [0.717, 1.165) is 67.7 Å². The molecule has 0 spiro atoms. The number of aldehydes is 2. The summed E-state index contributed by atoms with van der Waals surface area (Å²) in [5.41, 5.74) is 4.06. The SMILES string of the molecule is C.C.C.C.CC.CC.CC=O.CCCCCCCCCC/C=C(\CC=O)c1ccco1.CCCCCCCCCCCC(=O)O.CCCCCCCCCCCC(=O)c1ccco1.CCCCCCCCCCCC(CC)c1ccccc1.CCCCCCCCCCCC(CC)c1ccco1.CCCCCCCCCCCCc1ccccc1.CCCCCCCCCCCCc1ccco1.[HH].[HH].c1ccoc1. The molecule has 0 aliphatic heterocycles. The molecular formula is C132H242O10. The first-order valence-corrected chi connectivity index (χ1v) is 58.5. The molecule has 2 atom stereocenters. The molecular weight excluding hydrogens is 1750 g/mol. The van der Waals surface area contributed by atoms with Crippen LogP contribution in [0.4, 0.5) is 0 Å². The minimum absolute atomic E-state index is 0. The fourth-order valence-corrected chi connectivity index (χ4v) is 16.9. The smallest absolute Gasteiger partial charge is 0.303 e. The van der Waals surface area contributed by atoms with Gasteiger partial charge in [-0.25, -0.2) is 0 Å². The second-order valence-corrected chi connectivity index (χ2v) is 37.6. The summed E-state index contributed by atoms with van der Waals surface area (Å²) in [7, 11) is 0. The van der Waals surface area contributed by atoms with E-state index in [4.69, 9.17) is 27.6 Å². The van der Waals surface area contributed by atoms with Crippen LogP contribution in [0.15, 0.2) is 187 Å². The Labute approximate surface area is 886 Å². The number of unbranched alkanes of at least 4 members (excludes halogenated alkanes) is 58. The standard InChI is InChI=1S/C20H34.C18H28O2.C18H32O.C18H30.C16H26O2.C16H28O.C12H24O2.C4H4O.C2H4O.2C2H6.4CH4.2H2/c1-3-5-6-7-8-9-10-11-13-16-19(4-2)20-17-14-12-15-18-20;1-2-3-4-5-6-7-8-9-10-12-17(14-15-19)18-13-11-16-20-18;1-3-5-6-7-8-9-10-11-12-14-17(4-2)18-15-13-16-19-18;1-2-3-4-5-6-7-8-9-10-12-15-18-16-13-11-14-17-18;1-2-3-4-5-6-7-8-9-10-12-15(17)16-13-11-14-18-16;1-2-3-4-5-6-7-8-9-10-11-13-16-14-12-15-17-16;1-2-3-4-5-6-7-8-9-10-11-12(13)14;1-2-4-5-3-1;1-2-3;2*1-2;;;;;;/h12,14-15,17-19H,3-11,13,16H2,1-2H3;11-13,15-16H,2-10,14H2,1H3;13,15-17H,3-12,14H2,1-2H3;11,13-14,16-17H,2-10,12,15H2,1H3;11,13-14H,2-10,12H2,1H3;12,14-15H,2-11,13H2,1H3;2-11H2,1H3,(H,13,14);1-4H;2H,1H3;2*1-2H3;4*1H4;2*1H/b;17-12+;;;;;;;;;;;;;;;. The van der Waals surface area contributed by atoms with Crippen molar-refractivity contribution in [2.24, 2.45) is 0 Å². The highest BCUT2D eigenvalue weighted by atomic mass is 16.4. The Morgan fingerprint density at radius 1 is 0.303 bits per heavy atom. The minimum atomic E-state index is -0.659. The van der Waals surface area contributed by atoms with Gasteiger partial charge in [0.25, 0.3) is 0 Å². The Morgan fingerprint density at radius 3 is 0.923 bits per heavy atom. The topological polar surface area (TPSA) is 154 Å². The van der Waals surface area contributed by atoms with Gasteiger partial charge in [-0.05, 0) is 161 Å². The van der Waals surface area contributed by atoms with E-state index >= 15 is 0 Å². The molecule has 2 aromatic carbocycles. The van der Waals surface area contributed by atoms with Gasteiger partial charge in [0.2, 0.25) is 0 Å². The lowest BCUT2D eigenvalue weighted by molar-refractivity contribution is -0.137. The Balaban J connectivity index is -0.000000177. The van der Waals surface area contributed by atoms with E-state index in [1.54, 1.807) is 49.7 Å². The van der Waals surface area contributed by atoms with Crippen LogP contribution in [0.2, 0.25) is 0 Å². The zero-order valence-electron chi connectivity index (χ0n) is 92.8. The van der Waals surface area contributed by atoms with E-state index in [-0.39, 0.29) is 38.3 Å². The molecule has 830 valence electrons. The quantitative estimate of drug-likeness (QED) is 0.0221. The summed E-state index contributed by atoms with van der Waals surface area (Å²) in [4.78, 5) is 41.3. The Kier molecular flexibility index (Phi) is 140. The van der Waals surface area contributed by atoms with Crippen molar-refractivity contribution in [2.75, 3.05) is 0 Å². The second-order valence-electron chi connectivity index (χ2n) is 37.6. The number of benzene rings is 2. The summed E-state index contributed by atoms with van der Waals surface area (Å²) < 4.78 is 25.9.